The fourth-order valence-corrected chi connectivity index (χ4v) is 5.33. The highest BCUT2D eigenvalue weighted by Crippen LogP contribution is 2.28. The van der Waals surface area contributed by atoms with E-state index >= 15 is 0 Å². The molecule has 6 heteroatoms. The summed E-state index contributed by atoms with van der Waals surface area (Å²) in [4.78, 5) is 13.0. The third-order valence-electron chi connectivity index (χ3n) is 5.47. The van der Waals surface area contributed by atoms with Crippen LogP contribution in [0.5, 0.6) is 0 Å². The zero-order valence-corrected chi connectivity index (χ0v) is 18.0. The van der Waals surface area contributed by atoms with E-state index < -0.39 is 10.0 Å². The standard InChI is InChI=1S/C23H30N2O3S/c1-18-14-15-19(2)22(16-18)25(29(27,28)21-12-8-5-9-13-21)17-23(26)24-20-10-6-3-4-7-11-20/h5,8-9,12-16,20H,3-4,6-7,10-11,17H2,1-2H3,(H,24,26). The Kier molecular flexibility index (Phi) is 6.96. The van der Waals surface area contributed by atoms with Crippen molar-refractivity contribution in [3.8, 4) is 0 Å². The van der Waals surface area contributed by atoms with Crippen molar-refractivity contribution in [1.82, 2.24) is 5.32 Å². The minimum absolute atomic E-state index is 0.130. The minimum Gasteiger partial charge on any atom is -0.352 e. The normalized spacial score (nSPS) is 15.5. The summed E-state index contributed by atoms with van der Waals surface area (Å²) in [5, 5.41) is 3.07. The molecule has 2 aromatic rings. The maximum atomic E-state index is 13.4. The lowest BCUT2D eigenvalue weighted by molar-refractivity contribution is -0.120. The number of nitrogens with zero attached hydrogens (tertiary/aromatic N) is 1. The van der Waals surface area contributed by atoms with E-state index in [1.807, 2.05) is 32.0 Å². The first kappa shape index (κ1) is 21.4. The second-order valence-electron chi connectivity index (χ2n) is 7.87. The van der Waals surface area contributed by atoms with Crippen molar-refractivity contribution in [2.24, 2.45) is 0 Å². The number of sulfonamides is 1. The molecule has 1 fully saturated rings. The predicted octanol–water partition coefficient (Wildman–Crippen LogP) is 4.34. The number of carbonyl (C=O) groups excluding carboxylic acids is 1. The van der Waals surface area contributed by atoms with E-state index in [-0.39, 0.29) is 23.4 Å². The summed E-state index contributed by atoms with van der Waals surface area (Å²) >= 11 is 0. The van der Waals surface area contributed by atoms with Crippen LogP contribution in [0.3, 0.4) is 0 Å². The first-order valence-electron chi connectivity index (χ1n) is 10.3. The third kappa shape index (κ3) is 5.38. The zero-order chi connectivity index (χ0) is 20.9. The van der Waals surface area contributed by atoms with Gasteiger partial charge in [0, 0.05) is 6.04 Å². The minimum atomic E-state index is -3.86. The van der Waals surface area contributed by atoms with Gasteiger partial charge in [-0.15, -0.1) is 0 Å². The third-order valence-corrected chi connectivity index (χ3v) is 7.25. The molecule has 0 bridgehead atoms. The average Bonchev–Trinajstić information content (AvgIpc) is 2.97. The van der Waals surface area contributed by atoms with E-state index in [0.29, 0.717) is 5.69 Å². The van der Waals surface area contributed by atoms with Gasteiger partial charge in [-0.05, 0) is 56.0 Å². The van der Waals surface area contributed by atoms with Gasteiger partial charge in [0.05, 0.1) is 10.6 Å². The van der Waals surface area contributed by atoms with Crippen LogP contribution >= 0.6 is 0 Å². The molecule has 5 nitrogen and oxygen atoms in total. The first-order chi connectivity index (χ1) is 13.9. The summed E-state index contributed by atoms with van der Waals surface area (Å²) in [6.07, 6.45) is 6.52. The fraction of sp³-hybridized carbons (Fsp3) is 0.435. The van der Waals surface area contributed by atoms with Gasteiger partial charge in [-0.2, -0.15) is 0 Å². The molecule has 0 aliphatic heterocycles. The van der Waals surface area contributed by atoms with Crippen molar-refractivity contribution in [2.75, 3.05) is 10.8 Å². The van der Waals surface area contributed by atoms with Gasteiger partial charge in [-0.1, -0.05) is 56.0 Å². The molecule has 0 unspecified atom stereocenters. The molecule has 0 radical (unpaired) electrons. The van der Waals surface area contributed by atoms with Crippen LogP contribution in [0.25, 0.3) is 0 Å². The van der Waals surface area contributed by atoms with Crippen molar-refractivity contribution in [3.05, 3.63) is 59.7 Å². The molecule has 3 rings (SSSR count). The number of carbonyl (C=O) groups is 1. The van der Waals surface area contributed by atoms with Crippen molar-refractivity contribution in [3.63, 3.8) is 0 Å². The monoisotopic (exact) mass is 414 g/mol. The van der Waals surface area contributed by atoms with Gasteiger partial charge in [-0.25, -0.2) is 8.42 Å². The van der Waals surface area contributed by atoms with Gasteiger partial charge in [0.2, 0.25) is 5.91 Å². The Balaban J connectivity index is 1.91. The number of aryl methyl sites for hydroxylation is 2. The average molecular weight is 415 g/mol. The molecule has 1 aliphatic rings. The van der Waals surface area contributed by atoms with E-state index in [1.165, 1.54) is 17.1 Å². The molecule has 2 aromatic carbocycles. The zero-order valence-electron chi connectivity index (χ0n) is 17.2. The highest BCUT2D eigenvalue weighted by Gasteiger charge is 2.29. The molecule has 1 aliphatic carbocycles. The lowest BCUT2D eigenvalue weighted by atomic mass is 10.1. The van der Waals surface area contributed by atoms with Gasteiger partial charge in [0.1, 0.15) is 6.54 Å². The number of anilines is 1. The molecule has 0 spiro atoms. The van der Waals surface area contributed by atoms with E-state index in [4.69, 9.17) is 0 Å². The van der Waals surface area contributed by atoms with Gasteiger partial charge in [-0.3, -0.25) is 9.10 Å². The number of benzene rings is 2. The van der Waals surface area contributed by atoms with Gasteiger partial charge < -0.3 is 5.32 Å². The lowest BCUT2D eigenvalue weighted by Gasteiger charge is -2.27. The Morgan fingerprint density at radius 2 is 1.66 bits per heavy atom. The van der Waals surface area contributed by atoms with Gasteiger partial charge >= 0.3 is 0 Å². The molecule has 156 valence electrons. The molecule has 0 atom stereocenters. The molecule has 0 aromatic heterocycles. The fourth-order valence-electron chi connectivity index (χ4n) is 3.83. The summed E-state index contributed by atoms with van der Waals surface area (Å²) in [6, 6.07) is 14.1. The molecule has 1 N–H and O–H groups in total. The molecule has 1 amide bonds. The predicted molar refractivity (Wildman–Crippen MR) is 117 cm³/mol. The molecule has 0 saturated heterocycles. The lowest BCUT2D eigenvalue weighted by Crippen LogP contribution is -2.44. The largest absolute Gasteiger partial charge is 0.352 e. The van der Waals surface area contributed by atoms with E-state index in [2.05, 4.69) is 5.32 Å². The van der Waals surface area contributed by atoms with Crippen LogP contribution in [0.2, 0.25) is 0 Å². The van der Waals surface area contributed by atoms with Crippen LogP contribution in [0, 0.1) is 13.8 Å². The molecular weight excluding hydrogens is 384 g/mol. The summed E-state index contributed by atoms with van der Waals surface area (Å²) < 4.78 is 28.1. The summed E-state index contributed by atoms with van der Waals surface area (Å²) in [7, 11) is -3.86. The van der Waals surface area contributed by atoms with Crippen LogP contribution in [0.15, 0.2) is 53.4 Å². The summed E-state index contributed by atoms with van der Waals surface area (Å²) in [5.41, 5.74) is 2.31. The number of hydrogen-bond donors (Lipinski definition) is 1. The quantitative estimate of drug-likeness (QED) is 0.715. The van der Waals surface area contributed by atoms with Crippen molar-refractivity contribution in [1.29, 1.82) is 0 Å². The first-order valence-corrected chi connectivity index (χ1v) is 11.8. The number of hydrogen-bond acceptors (Lipinski definition) is 3. The van der Waals surface area contributed by atoms with Gasteiger partial charge in [0.25, 0.3) is 10.0 Å². The molecule has 0 heterocycles. The highest BCUT2D eigenvalue weighted by atomic mass is 32.2. The Labute approximate surface area is 174 Å². The van der Waals surface area contributed by atoms with Crippen LogP contribution in [-0.2, 0) is 14.8 Å². The van der Waals surface area contributed by atoms with Gasteiger partial charge in [0.15, 0.2) is 0 Å². The Morgan fingerprint density at radius 3 is 2.31 bits per heavy atom. The SMILES string of the molecule is Cc1ccc(C)c(N(CC(=O)NC2CCCCCC2)S(=O)(=O)c2ccccc2)c1. The number of amides is 1. The highest BCUT2D eigenvalue weighted by molar-refractivity contribution is 7.92. The van der Waals surface area contributed by atoms with Crippen LogP contribution in [-0.4, -0.2) is 26.9 Å². The number of rotatable bonds is 6. The summed E-state index contributed by atoms with van der Waals surface area (Å²) in [6.45, 7) is 3.56. The van der Waals surface area contributed by atoms with E-state index in [9.17, 15) is 13.2 Å². The molecule has 1 saturated carbocycles. The van der Waals surface area contributed by atoms with Crippen LogP contribution in [0.4, 0.5) is 5.69 Å². The second-order valence-corrected chi connectivity index (χ2v) is 9.73. The maximum Gasteiger partial charge on any atom is 0.264 e. The Hall–Kier alpha value is -2.34. The van der Waals surface area contributed by atoms with Crippen molar-refractivity contribution in [2.45, 2.75) is 63.3 Å². The number of nitrogens with one attached hydrogen (secondary N) is 1. The smallest absolute Gasteiger partial charge is 0.264 e. The van der Waals surface area contributed by atoms with Crippen molar-refractivity contribution < 1.29 is 13.2 Å². The Morgan fingerprint density at radius 1 is 1.00 bits per heavy atom. The molecular formula is C23H30N2O3S. The summed E-state index contributed by atoms with van der Waals surface area (Å²) in [5.74, 6) is -0.252. The van der Waals surface area contributed by atoms with Crippen molar-refractivity contribution >= 4 is 21.6 Å². The van der Waals surface area contributed by atoms with E-state index in [1.54, 1.807) is 30.3 Å². The maximum absolute atomic E-state index is 13.4. The Bertz CT molecular complexity index is 934. The van der Waals surface area contributed by atoms with Crippen LogP contribution in [0.1, 0.15) is 49.7 Å². The van der Waals surface area contributed by atoms with Crippen LogP contribution < -0.4 is 9.62 Å². The van der Waals surface area contributed by atoms with E-state index in [0.717, 1.165) is 36.8 Å². The second kappa shape index (κ2) is 9.44. The molecule has 29 heavy (non-hydrogen) atoms. The topological polar surface area (TPSA) is 66.5 Å².